The van der Waals surface area contributed by atoms with Crippen molar-refractivity contribution < 1.29 is 19.1 Å². The lowest BCUT2D eigenvalue weighted by Gasteiger charge is -2.34. The minimum atomic E-state index is -0.564. The van der Waals surface area contributed by atoms with Crippen LogP contribution in [0.4, 0.5) is 11.4 Å². The molecular formula is C22H29N3O4. The molecule has 2 aliphatic heterocycles. The number of carbonyl (C=O) groups excluding carboxylic acids is 3. The number of ether oxygens (including phenoxy) is 1. The Labute approximate surface area is 171 Å². The predicted octanol–water partition coefficient (Wildman–Crippen LogP) is 2.71. The first-order valence-corrected chi connectivity index (χ1v) is 10.6. The molecule has 0 radical (unpaired) electrons. The van der Waals surface area contributed by atoms with Crippen LogP contribution < -0.4 is 15.5 Å². The molecule has 0 bridgehead atoms. The minimum Gasteiger partial charge on any atom is -0.452 e. The minimum absolute atomic E-state index is 0.0317. The van der Waals surface area contributed by atoms with E-state index >= 15 is 0 Å². The molecule has 2 fully saturated rings. The van der Waals surface area contributed by atoms with Gasteiger partial charge in [-0.3, -0.25) is 9.59 Å². The molecule has 0 spiro atoms. The van der Waals surface area contributed by atoms with Crippen molar-refractivity contribution in [1.82, 2.24) is 5.32 Å². The van der Waals surface area contributed by atoms with Gasteiger partial charge in [0.1, 0.15) is 6.04 Å². The van der Waals surface area contributed by atoms with Crippen molar-refractivity contribution in [2.24, 2.45) is 11.8 Å². The van der Waals surface area contributed by atoms with Gasteiger partial charge in [0.15, 0.2) is 6.61 Å². The van der Waals surface area contributed by atoms with Gasteiger partial charge in [-0.05, 0) is 49.3 Å². The molecular weight excluding hydrogens is 370 g/mol. The van der Waals surface area contributed by atoms with Gasteiger partial charge in [0, 0.05) is 12.6 Å². The number of anilines is 2. The number of benzene rings is 1. The van der Waals surface area contributed by atoms with E-state index in [9.17, 15) is 14.4 Å². The molecule has 3 aliphatic rings. The first-order valence-electron chi connectivity index (χ1n) is 10.6. The van der Waals surface area contributed by atoms with Gasteiger partial charge in [-0.1, -0.05) is 26.7 Å². The zero-order valence-electron chi connectivity index (χ0n) is 17.1. The van der Waals surface area contributed by atoms with Crippen LogP contribution in [-0.2, 0) is 14.3 Å². The van der Waals surface area contributed by atoms with E-state index < -0.39 is 5.97 Å². The molecule has 4 atom stereocenters. The van der Waals surface area contributed by atoms with Gasteiger partial charge in [-0.15, -0.1) is 0 Å². The van der Waals surface area contributed by atoms with Gasteiger partial charge in [-0.2, -0.15) is 0 Å². The maximum atomic E-state index is 12.4. The molecule has 156 valence electrons. The molecule has 0 unspecified atom stereocenters. The van der Waals surface area contributed by atoms with Crippen molar-refractivity contribution in [2.75, 3.05) is 23.4 Å². The Morgan fingerprint density at radius 2 is 2.03 bits per heavy atom. The van der Waals surface area contributed by atoms with Gasteiger partial charge in [-0.25, -0.2) is 4.79 Å². The second-order valence-corrected chi connectivity index (χ2v) is 8.59. The fourth-order valence-electron chi connectivity index (χ4n) is 4.81. The van der Waals surface area contributed by atoms with E-state index in [1.54, 1.807) is 12.1 Å². The van der Waals surface area contributed by atoms with Gasteiger partial charge >= 0.3 is 5.97 Å². The number of carbonyl (C=O) groups is 3. The standard InChI is InChI=1S/C22H29N3O4/c1-13-5-3-6-16(14(13)2)23-20(26)12-29-22(28)15-8-9-18-17(11-15)24-21(27)19-7-4-10-25(18)19/h8-9,11,13-14,16,19H,3-7,10,12H2,1-2H3,(H,23,26)(H,24,27)/t13-,14-,16-,19-/m1/s1. The molecule has 7 nitrogen and oxygen atoms in total. The zero-order chi connectivity index (χ0) is 20.5. The van der Waals surface area contributed by atoms with Gasteiger partial charge in [0.2, 0.25) is 5.91 Å². The number of esters is 1. The highest BCUT2D eigenvalue weighted by Crippen LogP contribution is 2.37. The van der Waals surface area contributed by atoms with Crippen molar-refractivity contribution in [3.05, 3.63) is 23.8 Å². The third-order valence-corrected chi connectivity index (χ3v) is 6.74. The van der Waals surface area contributed by atoms with E-state index in [0.29, 0.717) is 23.1 Å². The SMILES string of the molecule is C[C@@H]1[C@H](C)CCC[C@H]1NC(=O)COC(=O)c1ccc2c(c1)NC(=O)[C@H]1CCCN21. The van der Waals surface area contributed by atoms with Crippen LogP contribution in [0.1, 0.15) is 56.3 Å². The number of amides is 2. The van der Waals surface area contributed by atoms with Crippen LogP contribution in [0.2, 0.25) is 0 Å². The summed E-state index contributed by atoms with van der Waals surface area (Å²) >= 11 is 0. The summed E-state index contributed by atoms with van der Waals surface area (Å²) in [5.41, 5.74) is 1.88. The highest BCUT2D eigenvalue weighted by Gasteiger charge is 2.36. The fraction of sp³-hybridized carbons (Fsp3) is 0.591. The number of fused-ring (bicyclic) bond motifs is 3. The molecule has 29 heavy (non-hydrogen) atoms. The highest BCUT2D eigenvalue weighted by atomic mass is 16.5. The lowest BCUT2D eigenvalue weighted by molar-refractivity contribution is -0.125. The molecule has 0 aromatic heterocycles. The number of hydrogen-bond donors (Lipinski definition) is 2. The lowest BCUT2D eigenvalue weighted by Crippen LogP contribution is -2.45. The van der Waals surface area contributed by atoms with Crippen molar-refractivity contribution in [3.63, 3.8) is 0 Å². The quantitative estimate of drug-likeness (QED) is 0.760. The van der Waals surface area contributed by atoms with Gasteiger partial charge in [0.25, 0.3) is 5.91 Å². The van der Waals surface area contributed by atoms with E-state index in [1.165, 1.54) is 6.42 Å². The van der Waals surface area contributed by atoms with Crippen LogP contribution in [0.25, 0.3) is 0 Å². The molecule has 2 N–H and O–H groups in total. The number of hydrogen-bond acceptors (Lipinski definition) is 5. The van der Waals surface area contributed by atoms with E-state index in [-0.39, 0.29) is 30.5 Å². The highest BCUT2D eigenvalue weighted by molar-refractivity contribution is 6.05. The first kappa shape index (κ1) is 19.7. The normalized spacial score (nSPS) is 28.2. The topological polar surface area (TPSA) is 87.7 Å². The van der Waals surface area contributed by atoms with Crippen molar-refractivity contribution >= 4 is 29.2 Å². The van der Waals surface area contributed by atoms with Crippen molar-refractivity contribution in [1.29, 1.82) is 0 Å². The van der Waals surface area contributed by atoms with E-state index in [0.717, 1.165) is 37.9 Å². The molecule has 1 saturated carbocycles. The molecule has 1 aromatic rings. The number of rotatable bonds is 4. The fourth-order valence-corrected chi connectivity index (χ4v) is 4.81. The maximum absolute atomic E-state index is 12.4. The Balaban J connectivity index is 1.35. The summed E-state index contributed by atoms with van der Waals surface area (Å²) in [5, 5.41) is 5.89. The maximum Gasteiger partial charge on any atom is 0.338 e. The van der Waals surface area contributed by atoms with Crippen molar-refractivity contribution in [3.8, 4) is 0 Å². The smallest absolute Gasteiger partial charge is 0.338 e. The number of nitrogens with zero attached hydrogens (tertiary/aromatic N) is 1. The summed E-state index contributed by atoms with van der Waals surface area (Å²) < 4.78 is 5.22. The Bertz CT molecular complexity index is 824. The van der Waals surface area contributed by atoms with Crippen LogP contribution in [0.5, 0.6) is 0 Å². The second-order valence-electron chi connectivity index (χ2n) is 8.59. The molecule has 4 rings (SSSR count). The molecule has 1 aromatic carbocycles. The van der Waals surface area contributed by atoms with Crippen LogP contribution in [0.15, 0.2) is 18.2 Å². The van der Waals surface area contributed by atoms with Crippen molar-refractivity contribution in [2.45, 2.75) is 58.0 Å². The third kappa shape index (κ3) is 3.95. The first-order chi connectivity index (χ1) is 13.9. The predicted molar refractivity (Wildman–Crippen MR) is 110 cm³/mol. The summed E-state index contributed by atoms with van der Waals surface area (Å²) in [4.78, 5) is 39.0. The summed E-state index contributed by atoms with van der Waals surface area (Å²) in [5.74, 6) is 0.136. The molecule has 2 amide bonds. The summed E-state index contributed by atoms with van der Waals surface area (Å²) in [6.07, 6.45) is 5.09. The van der Waals surface area contributed by atoms with Crippen LogP contribution in [0, 0.1) is 11.8 Å². The molecule has 1 saturated heterocycles. The average Bonchev–Trinajstić information content (AvgIpc) is 3.20. The summed E-state index contributed by atoms with van der Waals surface area (Å²) in [7, 11) is 0. The average molecular weight is 399 g/mol. The zero-order valence-corrected chi connectivity index (χ0v) is 17.1. The van der Waals surface area contributed by atoms with Crippen LogP contribution in [0.3, 0.4) is 0 Å². The van der Waals surface area contributed by atoms with E-state index in [4.69, 9.17) is 4.74 Å². The lowest BCUT2D eigenvalue weighted by atomic mass is 9.78. The molecule has 2 heterocycles. The Morgan fingerprint density at radius 1 is 1.21 bits per heavy atom. The Morgan fingerprint density at radius 3 is 2.86 bits per heavy atom. The third-order valence-electron chi connectivity index (χ3n) is 6.74. The second kappa shape index (κ2) is 8.05. The van der Waals surface area contributed by atoms with Crippen LogP contribution >= 0.6 is 0 Å². The Kier molecular flexibility index (Phi) is 5.48. The molecule has 7 heteroatoms. The van der Waals surface area contributed by atoms with Gasteiger partial charge in [0.05, 0.1) is 16.9 Å². The summed E-state index contributed by atoms with van der Waals surface area (Å²) in [6.45, 7) is 4.91. The summed E-state index contributed by atoms with van der Waals surface area (Å²) in [6, 6.07) is 5.18. The van der Waals surface area contributed by atoms with E-state index in [2.05, 4.69) is 29.4 Å². The number of nitrogens with one attached hydrogen (secondary N) is 2. The monoisotopic (exact) mass is 399 g/mol. The van der Waals surface area contributed by atoms with Crippen LogP contribution in [-0.4, -0.2) is 43.0 Å². The largest absolute Gasteiger partial charge is 0.452 e. The van der Waals surface area contributed by atoms with E-state index in [1.807, 2.05) is 6.07 Å². The molecule has 1 aliphatic carbocycles. The Hall–Kier alpha value is -2.57. The van der Waals surface area contributed by atoms with Gasteiger partial charge < -0.3 is 20.3 Å².